The third-order valence-electron chi connectivity index (χ3n) is 3.04. The van der Waals surface area contributed by atoms with Gasteiger partial charge in [0.1, 0.15) is 0 Å². The topological polar surface area (TPSA) is 50.9 Å². The maximum absolute atomic E-state index is 5.70. The summed E-state index contributed by atoms with van der Waals surface area (Å²) in [6.45, 7) is 6.50. The molecular formula is C14H19N3. The zero-order chi connectivity index (χ0) is 12.5. The van der Waals surface area contributed by atoms with Crippen LogP contribution in [0.2, 0.25) is 0 Å². The third kappa shape index (κ3) is 2.30. The molecule has 0 fully saturated rings. The standard InChI is InChI=1S/C14H19N3/c1-14(2,3)13(17-15)12-9-16-8-10-6-4-5-7-11(10)12/h4-9,13,17H,15H2,1-3H3. The molecule has 0 aliphatic heterocycles. The first-order chi connectivity index (χ1) is 8.04. The first-order valence-electron chi connectivity index (χ1n) is 5.83. The molecule has 90 valence electrons. The maximum Gasteiger partial charge on any atom is 0.0529 e. The van der Waals surface area contributed by atoms with Crippen LogP contribution in [-0.4, -0.2) is 4.98 Å². The zero-order valence-electron chi connectivity index (χ0n) is 10.6. The van der Waals surface area contributed by atoms with Crippen LogP contribution in [0.1, 0.15) is 32.4 Å². The van der Waals surface area contributed by atoms with Crippen molar-refractivity contribution in [2.45, 2.75) is 26.8 Å². The molecule has 2 aromatic rings. The van der Waals surface area contributed by atoms with Gasteiger partial charge in [0.2, 0.25) is 0 Å². The molecule has 1 heterocycles. The van der Waals surface area contributed by atoms with Crippen molar-refractivity contribution in [2.75, 3.05) is 0 Å². The largest absolute Gasteiger partial charge is 0.271 e. The van der Waals surface area contributed by atoms with Crippen LogP contribution in [0.4, 0.5) is 0 Å². The Morgan fingerprint density at radius 2 is 1.88 bits per heavy atom. The number of nitrogens with zero attached hydrogens (tertiary/aromatic N) is 1. The number of pyridine rings is 1. The van der Waals surface area contributed by atoms with Gasteiger partial charge in [-0.1, -0.05) is 45.0 Å². The lowest BCUT2D eigenvalue weighted by atomic mass is 9.82. The van der Waals surface area contributed by atoms with Crippen LogP contribution in [-0.2, 0) is 0 Å². The van der Waals surface area contributed by atoms with Crippen molar-refractivity contribution in [3.05, 3.63) is 42.2 Å². The van der Waals surface area contributed by atoms with Gasteiger partial charge >= 0.3 is 0 Å². The summed E-state index contributed by atoms with van der Waals surface area (Å²) in [6, 6.07) is 8.34. The second kappa shape index (κ2) is 4.43. The summed E-state index contributed by atoms with van der Waals surface area (Å²) in [7, 11) is 0. The Morgan fingerprint density at radius 3 is 2.53 bits per heavy atom. The van der Waals surface area contributed by atoms with Crippen molar-refractivity contribution >= 4 is 10.8 Å². The fourth-order valence-electron chi connectivity index (χ4n) is 2.18. The number of hydrogen-bond donors (Lipinski definition) is 2. The molecule has 1 unspecified atom stereocenters. The van der Waals surface area contributed by atoms with Crippen LogP contribution in [0.3, 0.4) is 0 Å². The van der Waals surface area contributed by atoms with Gasteiger partial charge in [0.05, 0.1) is 6.04 Å². The summed E-state index contributed by atoms with van der Waals surface area (Å²) < 4.78 is 0. The fourth-order valence-corrected chi connectivity index (χ4v) is 2.18. The van der Waals surface area contributed by atoms with E-state index in [-0.39, 0.29) is 11.5 Å². The summed E-state index contributed by atoms with van der Waals surface area (Å²) in [5.41, 5.74) is 4.10. The predicted molar refractivity (Wildman–Crippen MR) is 71.3 cm³/mol. The minimum atomic E-state index is 0.0422. The molecule has 1 aromatic heterocycles. The van der Waals surface area contributed by atoms with Crippen LogP contribution < -0.4 is 11.3 Å². The average molecular weight is 229 g/mol. The van der Waals surface area contributed by atoms with Crippen molar-refractivity contribution in [2.24, 2.45) is 11.3 Å². The van der Waals surface area contributed by atoms with Gasteiger partial charge in [-0.15, -0.1) is 0 Å². The molecule has 2 rings (SSSR count). The van der Waals surface area contributed by atoms with E-state index in [1.165, 1.54) is 5.39 Å². The summed E-state index contributed by atoms with van der Waals surface area (Å²) in [5, 5.41) is 2.36. The van der Waals surface area contributed by atoms with E-state index < -0.39 is 0 Å². The summed E-state index contributed by atoms with van der Waals surface area (Å²) in [6.07, 6.45) is 3.78. The second-order valence-corrected chi connectivity index (χ2v) is 5.42. The molecular weight excluding hydrogens is 210 g/mol. The lowest BCUT2D eigenvalue weighted by Crippen LogP contribution is -2.37. The molecule has 0 bridgehead atoms. The molecule has 0 saturated heterocycles. The highest BCUT2D eigenvalue weighted by Crippen LogP contribution is 2.35. The molecule has 1 aromatic carbocycles. The van der Waals surface area contributed by atoms with Crippen molar-refractivity contribution in [3.63, 3.8) is 0 Å². The minimum Gasteiger partial charge on any atom is -0.271 e. The fraction of sp³-hybridized carbons (Fsp3) is 0.357. The van der Waals surface area contributed by atoms with Crippen molar-refractivity contribution < 1.29 is 0 Å². The normalized spacial score (nSPS) is 13.9. The quantitative estimate of drug-likeness (QED) is 0.615. The second-order valence-electron chi connectivity index (χ2n) is 5.42. The number of nitrogens with one attached hydrogen (secondary N) is 1. The van der Waals surface area contributed by atoms with E-state index in [9.17, 15) is 0 Å². The van der Waals surface area contributed by atoms with Crippen LogP contribution in [0.5, 0.6) is 0 Å². The molecule has 1 atom stereocenters. The summed E-state index contributed by atoms with van der Waals surface area (Å²) in [4.78, 5) is 4.30. The maximum atomic E-state index is 5.70. The Morgan fingerprint density at radius 1 is 1.18 bits per heavy atom. The number of hydrogen-bond acceptors (Lipinski definition) is 3. The predicted octanol–water partition coefficient (Wildman–Crippen LogP) is 2.79. The summed E-state index contributed by atoms with van der Waals surface area (Å²) in [5.74, 6) is 5.70. The highest BCUT2D eigenvalue weighted by molar-refractivity contribution is 5.85. The highest BCUT2D eigenvalue weighted by atomic mass is 15.2. The SMILES string of the molecule is CC(C)(C)C(NN)c1cncc2ccccc12. The van der Waals surface area contributed by atoms with E-state index in [0.717, 1.165) is 10.9 Å². The number of benzene rings is 1. The molecule has 0 aliphatic carbocycles. The lowest BCUT2D eigenvalue weighted by molar-refractivity contribution is 0.277. The van der Waals surface area contributed by atoms with Crippen molar-refractivity contribution in [1.29, 1.82) is 0 Å². The molecule has 0 amide bonds. The Labute approximate surface area is 102 Å². The van der Waals surface area contributed by atoms with Crippen LogP contribution in [0.15, 0.2) is 36.7 Å². The van der Waals surface area contributed by atoms with Gasteiger partial charge < -0.3 is 0 Å². The lowest BCUT2D eigenvalue weighted by Gasteiger charge is -2.30. The van der Waals surface area contributed by atoms with E-state index in [4.69, 9.17) is 5.84 Å². The van der Waals surface area contributed by atoms with Crippen LogP contribution >= 0.6 is 0 Å². The van der Waals surface area contributed by atoms with Crippen LogP contribution in [0.25, 0.3) is 10.8 Å². The van der Waals surface area contributed by atoms with E-state index in [2.05, 4.69) is 43.3 Å². The Balaban J connectivity index is 2.62. The van der Waals surface area contributed by atoms with Gasteiger partial charge in [0.15, 0.2) is 0 Å². The van der Waals surface area contributed by atoms with E-state index in [1.54, 1.807) is 0 Å². The Bertz CT molecular complexity index is 509. The van der Waals surface area contributed by atoms with Gasteiger partial charge in [-0.3, -0.25) is 16.3 Å². The molecule has 3 nitrogen and oxygen atoms in total. The molecule has 0 saturated carbocycles. The number of nitrogens with two attached hydrogens (primary N) is 1. The first kappa shape index (κ1) is 12.0. The molecule has 0 spiro atoms. The highest BCUT2D eigenvalue weighted by Gasteiger charge is 2.26. The van der Waals surface area contributed by atoms with Gasteiger partial charge in [-0.25, -0.2) is 0 Å². The Kier molecular flexibility index (Phi) is 3.13. The molecule has 3 heteroatoms. The molecule has 0 aliphatic rings. The van der Waals surface area contributed by atoms with Crippen molar-refractivity contribution in [3.8, 4) is 0 Å². The minimum absolute atomic E-state index is 0.0422. The smallest absolute Gasteiger partial charge is 0.0529 e. The van der Waals surface area contributed by atoms with Gasteiger partial charge in [-0.2, -0.15) is 0 Å². The van der Waals surface area contributed by atoms with Crippen LogP contribution in [0, 0.1) is 5.41 Å². The number of rotatable bonds is 2. The summed E-state index contributed by atoms with van der Waals surface area (Å²) >= 11 is 0. The molecule has 3 N–H and O–H groups in total. The Hall–Kier alpha value is -1.45. The van der Waals surface area contributed by atoms with Gasteiger partial charge in [0.25, 0.3) is 0 Å². The van der Waals surface area contributed by atoms with Crippen molar-refractivity contribution in [1.82, 2.24) is 10.4 Å². The third-order valence-corrected chi connectivity index (χ3v) is 3.04. The number of fused-ring (bicyclic) bond motifs is 1. The van der Waals surface area contributed by atoms with E-state index >= 15 is 0 Å². The zero-order valence-corrected chi connectivity index (χ0v) is 10.6. The average Bonchev–Trinajstić information content (AvgIpc) is 2.28. The molecule has 17 heavy (non-hydrogen) atoms. The van der Waals surface area contributed by atoms with Gasteiger partial charge in [0, 0.05) is 17.8 Å². The first-order valence-corrected chi connectivity index (χ1v) is 5.83. The monoisotopic (exact) mass is 229 g/mol. The van der Waals surface area contributed by atoms with E-state index in [1.807, 2.05) is 24.5 Å². The number of aromatic nitrogens is 1. The number of hydrazine groups is 1. The molecule has 0 radical (unpaired) electrons. The van der Waals surface area contributed by atoms with E-state index in [0.29, 0.717) is 0 Å². The van der Waals surface area contributed by atoms with Gasteiger partial charge in [-0.05, 0) is 16.4 Å².